The summed E-state index contributed by atoms with van der Waals surface area (Å²) in [4.78, 5) is 0. The summed E-state index contributed by atoms with van der Waals surface area (Å²) < 4.78 is 13.1. The molecule has 2 fully saturated rings. The highest BCUT2D eigenvalue weighted by Crippen LogP contribution is 2.43. The van der Waals surface area contributed by atoms with Crippen LogP contribution in [0.5, 0.6) is 23.0 Å². The first-order chi connectivity index (χ1) is 20.9. The summed E-state index contributed by atoms with van der Waals surface area (Å²) in [7, 11) is 0. The van der Waals surface area contributed by atoms with Crippen LogP contribution >= 0.6 is 0 Å². The van der Waals surface area contributed by atoms with E-state index in [-0.39, 0.29) is 0 Å². The molecular formula is C39H46N2O2. The van der Waals surface area contributed by atoms with Crippen molar-refractivity contribution in [1.82, 2.24) is 0 Å². The Morgan fingerprint density at radius 1 is 0.535 bits per heavy atom. The molecule has 0 atom stereocenters. The highest BCUT2D eigenvalue weighted by atomic mass is 16.5. The molecule has 2 aliphatic carbocycles. The summed E-state index contributed by atoms with van der Waals surface area (Å²) in [5.41, 5.74) is 21.4. The van der Waals surface area contributed by atoms with Crippen molar-refractivity contribution in [2.45, 2.75) is 96.3 Å². The predicted molar refractivity (Wildman–Crippen MR) is 179 cm³/mol. The average molecular weight is 575 g/mol. The van der Waals surface area contributed by atoms with Gasteiger partial charge in [-0.2, -0.15) is 0 Å². The minimum Gasteiger partial charge on any atom is -0.457 e. The van der Waals surface area contributed by atoms with Gasteiger partial charge < -0.3 is 20.9 Å². The molecule has 0 amide bonds. The van der Waals surface area contributed by atoms with Crippen molar-refractivity contribution in [2.24, 2.45) is 0 Å². The third-order valence-corrected chi connectivity index (χ3v) is 9.62. The summed E-state index contributed by atoms with van der Waals surface area (Å²) in [6, 6.07) is 24.9. The van der Waals surface area contributed by atoms with Gasteiger partial charge in [0.05, 0.1) is 0 Å². The number of ether oxygens (including phenoxy) is 2. The second-order valence-electron chi connectivity index (χ2n) is 12.8. The van der Waals surface area contributed by atoms with Gasteiger partial charge in [-0.1, -0.05) is 50.7 Å². The van der Waals surface area contributed by atoms with E-state index in [9.17, 15) is 0 Å². The third kappa shape index (κ3) is 7.01. The number of aryl methyl sites for hydroxylation is 2. The van der Waals surface area contributed by atoms with Crippen LogP contribution in [0, 0.1) is 13.8 Å². The Morgan fingerprint density at radius 3 is 1.28 bits per heavy atom. The van der Waals surface area contributed by atoms with Crippen molar-refractivity contribution in [3.63, 3.8) is 0 Å². The van der Waals surface area contributed by atoms with Crippen LogP contribution in [0.2, 0.25) is 0 Å². The third-order valence-electron chi connectivity index (χ3n) is 9.62. The van der Waals surface area contributed by atoms with Crippen molar-refractivity contribution in [3.05, 3.63) is 106 Å². The van der Waals surface area contributed by atoms with Crippen LogP contribution in [0.25, 0.3) is 0 Å². The smallest absolute Gasteiger partial charge is 0.131 e. The van der Waals surface area contributed by atoms with Crippen molar-refractivity contribution in [3.8, 4) is 23.0 Å². The zero-order valence-corrected chi connectivity index (χ0v) is 25.8. The van der Waals surface area contributed by atoms with Crippen molar-refractivity contribution in [2.75, 3.05) is 11.5 Å². The molecule has 2 saturated carbocycles. The molecule has 0 radical (unpaired) electrons. The number of hydrogen-bond donors (Lipinski definition) is 2. The number of hydrogen-bond acceptors (Lipinski definition) is 4. The fraction of sp³-hybridized carbons (Fsp3) is 0.385. The lowest BCUT2D eigenvalue weighted by atomic mass is 9.80. The monoisotopic (exact) mass is 574 g/mol. The molecule has 4 aromatic rings. The molecule has 0 heterocycles. The maximum absolute atomic E-state index is 6.53. The van der Waals surface area contributed by atoms with Crippen LogP contribution in [-0.4, -0.2) is 0 Å². The van der Waals surface area contributed by atoms with Gasteiger partial charge >= 0.3 is 0 Å². The maximum atomic E-state index is 6.53. The van der Waals surface area contributed by atoms with E-state index in [1.807, 2.05) is 48.5 Å². The highest BCUT2D eigenvalue weighted by Gasteiger charge is 2.24. The summed E-state index contributed by atoms with van der Waals surface area (Å²) in [6.07, 6.45) is 13.6. The summed E-state index contributed by atoms with van der Waals surface area (Å²) in [5.74, 6) is 4.72. The van der Waals surface area contributed by atoms with E-state index >= 15 is 0 Å². The van der Waals surface area contributed by atoms with E-state index in [4.69, 9.17) is 20.9 Å². The molecule has 0 aromatic heterocycles. The van der Waals surface area contributed by atoms with Crippen LogP contribution in [0.3, 0.4) is 0 Å². The molecule has 6 rings (SSSR count). The van der Waals surface area contributed by atoms with E-state index in [2.05, 4.69) is 38.1 Å². The Kier molecular flexibility index (Phi) is 8.92. The Hall–Kier alpha value is -3.92. The quantitative estimate of drug-likeness (QED) is 0.205. The standard InChI is InChI=1S/C39H46N2O2/c1-26-21-38(42-34-17-13-32(40)14-18-34)36(28-9-5-3-6-10-28)24-30(26)23-31-25-37(29-11-7-4-8-12-29)39(22-27(31)2)43-35-19-15-33(41)16-20-35/h13-22,24-25,28-29H,3-12,23,40-41H2,1-2H3. The van der Waals surface area contributed by atoms with Gasteiger partial charge in [0.25, 0.3) is 0 Å². The number of nitrogen functional groups attached to an aromatic ring is 2. The van der Waals surface area contributed by atoms with E-state index in [0.29, 0.717) is 11.8 Å². The zero-order chi connectivity index (χ0) is 29.8. The Balaban J connectivity index is 1.35. The summed E-state index contributed by atoms with van der Waals surface area (Å²) in [6.45, 7) is 4.46. The molecule has 2 aliphatic rings. The van der Waals surface area contributed by atoms with E-state index < -0.39 is 0 Å². The fourth-order valence-electron chi connectivity index (χ4n) is 7.04. The minimum absolute atomic E-state index is 0.534. The van der Waals surface area contributed by atoms with Crippen LogP contribution in [0.15, 0.2) is 72.8 Å². The molecular weight excluding hydrogens is 528 g/mol. The lowest BCUT2D eigenvalue weighted by molar-refractivity contribution is 0.418. The molecule has 0 aliphatic heterocycles. The van der Waals surface area contributed by atoms with E-state index in [1.165, 1.54) is 97.6 Å². The van der Waals surface area contributed by atoms with Crippen LogP contribution in [0.1, 0.15) is 109 Å². The molecule has 0 spiro atoms. The number of nitrogens with two attached hydrogens (primary N) is 2. The number of anilines is 2. The topological polar surface area (TPSA) is 70.5 Å². The normalized spacial score (nSPS) is 16.2. The maximum Gasteiger partial charge on any atom is 0.131 e. The van der Waals surface area contributed by atoms with E-state index in [0.717, 1.165) is 40.8 Å². The molecule has 0 saturated heterocycles. The molecule has 224 valence electrons. The van der Waals surface area contributed by atoms with Gasteiger partial charge in [0.1, 0.15) is 23.0 Å². The lowest BCUT2D eigenvalue weighted by Gasteiger charge is -2.27. The average Bonchev–Trinajstić information content (AvgIpc) is 3.02. The van der Waals surface area contributed by atoms with Gasteiger partial charge in [0.2, 0.25) is 0 Å². The summed E-state index contributed by atoms with van der Waals surface area (Å²) >= 11 is 0. The van der Waals surface area contributed by atoms with Gasteiger partial charge in [0.15, 0.2) is 0 Å². The van der Waals surface area contributed by atoms with Crippen LogP contribution in [-0.2, 0) is 6.42 Å². The largest absolute Gasteiger partial charge is 0.457 e. The molecule has 4 aromatic carbocycles. The molecule has 4 heteroatoms. The van der Waals surface area contributed by atoms with Crippen molar-refractivity contribution in [1.29, 1.82) is 0 Å². The Bertz CT molecular complexity index is 1410. The predicted octanol–water partition coefficient (Wildman–Crippen LogP) is 10.7. The highest BCUT2D eigenvalue weighted by molar-refractivity contribution is 5.52. The lowest BCUT2D eigenvalue weighted by Crippen LogP contribution is -2.09. The van der Waals surface area contributed by atoms with Gasteiger partial charge in [-0.15, -0.1) is 0 Å². The molecule has 0 unspecified atom stereocenters. The second-order valence-corrected chi connectivity index (χ2v) is 12.8. The van der Waals surface area contributed by atoms with Crippen molar-refractivity contribution < 1.29 is 9.47 Å². The Labute approximate surface area is 257 Å². The van der Waals surface area contributed by atoms with Crippen LogP contribution in [0.4, 0.5) is 11.4 Å². The van der Waals surface area contributed by atoms with Gasteiger partial charge in [0, 0.05) is 11.4 Å². The molecule has 4 N–H and O–H groups in total. The van der Waals surface area contributed by atoms with E-state index in [1.54, 1.807) is 0 Å². The second kappa shape index (κ2) is 13.2. The summed E-state index contributed by atoms with van der Waals surface area (Å²) in [5, 5.41) is 0. The van der Waals surface area contributed by atoms with Gasteiger partial charge in [-0.3, -0.25) is 0 Å². The SMILES string of the molecule is Cc1cc(Oc2ccc(N)cc2)c(C2CCCCC2)cc1Cc1cc(C2CCCCC2)c(Oc2ccc(N)cc2)cc1C. The van der Waals surface area contributed by atoms with Gasteiger partial charge in [-0.25, -0.2) is 0 Å². The first kappa shape index (κ1) is 29.2. The van der Waals surface area contributed by atoms with Crippen LogP contribution < -0.4 is 20.9 Å². The van der Waals surface area contributed by atoms with Crippen molar-refractivity contribution >= 4 is 11.4 Å². The minimum atomic E-state index is 0.534. The fourth-order valence-corrected chi connectivity index (χ4v) is 7.04. The first-order valence-electron chi connectivity index (χ1n) is 16.3. The molecule has 43 heavy (non-hydrogen) atoms. The van der Waals surface area contributed by atoms with Gasteiger partial charge in [-0.05, 0) is 152 Å². The number of rotatable bonds is 8. The Morgan fingerprint density at radius 2 is 0.907 bits per heavy atom. The molecule has 0 bridgehead atoms. The molecule has 4 nitrogen and oxygen atoms in total. The zero-order valence-electron chi connectivity index (χ0n) is 25.8. The number of benzene rings is 4. The first-order valence-corrected chi connectivity index (χ1v) is 16.3.